The number of hydrogen-bond donors (Lipinski definition) is 3. The van der Waals surface area contributed by atoms with Crippen molar-refractivity contribution in [2.24, 2.45) is 5.73 Å². The summed E-state index contributed by atoms with van der Waals surface area (Å²) >= 11 is 0. The molecule has 0 aliphatic heterocycles. The topological polar surface area (TPSA) is 110 Å². The first kappa shape index (κ1) is 13.0. The Labute approximate surface area is 97.6 Å². The summed E-state index contributed by atoms with van der Waals surface area (Å²) < 4.78 is 5.03. The standard InChI is InChI=1S/C11H13NO5/c12-8(5-10(13)14)7-3-1-2-4-9(7)17-6-11(15)16/h1-4,8H,5-6,12H2,(H,13,14)(H,15,16). The molecule has 6 nitrogen and oxygen atoms in total. The molecule has 1 atom stereocenters. The predicted molar refractivity (Wildman–Crippen MR) is 58.8 cm³/mol. The van der Waals surface area contributed by atoms with Crippen molar-refractivity contribution < 1.29 is 24.5 Å². The van der Waals surface area contributed by atoms with Gasteiger partial charge in [0.15, 0.2) is 6.61 Å². The first-order valence-electron chi connectivity index (χ1n) is 4.91. The monoisotopic (exact) mass is 239 g/mol. The Morgan fingerprint density at radius 1 is 1.24 bits per heavy atom. The molecule has 4 N–H and O–H groups in total. The van der Waals surface area contributed by atoms with Gasteiger partial charge in [-0.3, -0.25) is 4.79 Å². The molecule has 92 valence electrons. The third-order valence-electron chi connectivity index (χ3n) is 2.06. The molecule has 0 fully saturated rings. The lowest BCUT2D eigenvalue weighted by molar-refractivity contribution is -0.139. The van der Waals surface area contributed by atoms with Gasteiger partial charge in [0.05, 0.1) is 6.42 Å². The van der Waals surface area contributed by atoms with E-state index in [0.29, 0.717) is 11.3 Å². The van der Waals surface area contributed by atoms with Gasteiger partial charge in [0.1, 0.15) is 5.75 Å². The van der Waals surface area contributed by atoms with Crippen molar-refractivity contribution in [3.05, 3.63) is 29.8 Å². The zero-order valence-electron chi connectivity index (χ0n) is 9.00. The maximum Gasteiger partial charge on any atom is 0.341 e. The van der Waals surface area contributed by atoms with Crippen molar-refractivity contribution in [3.8, 4) is 5.75 Å². The number of ether oxygens (including phenoxy) is 1. The Kier molecular flexibility index (Phi) is 4.47. The lowest BCUT2D eigenvalue weighted by atomic mass is 10.0. The second-order valence-electron chi connectivity index (χ2n) is 3.42. The van der Waals surface area contributed by atoms with Crippen LogP contribution in [0.3, 0.4) is 0 Å². The summed E-state index contributed by atoms with van der Waals surface area (Å²) in [5.74, 6) is -1.83. The molecule has 1 aromatic carbocycles. The fraction of sp³-hybridized carbons (Fsp3) is 0.273. The van der Waals surface area contributed by atoms with Gasteiger partial charge in [-0.2, -0.15) is 0 Å². The number of nitrogens with two attached hydrogens (primary N) is 1. The molecule has 0 aliphatic carbocycles. The molecule has 1 rings (SSSR count). The summed E-state index contributed by atoms with van der Waals surface area (Å²) in [6, 6.07) is 5.79. The van der Waals surface area contributed by atoms with Gasteiger partial charge in [-0.25, -0.2) is 4.79 Å². The zero-order valence-corrected chi connectivity index (χ0v) is 9.00. The highest BCUT2D eigenvalue weighted by molar-refractivity contribution is 5.69. The molecule has 0 aromatic heterocycles. The van der Waals surface area contributed by atoms with E-state index < -0.39 is 24.6 Å². The molecule has 1 aromatic rings. The quantitative estimate of drug-likeness (QED) is 0.671. The first-order chi connectivity index (χ1) is 8.00. The lowest BCUT2D eigenvalue weighted by Crippen LogP contribution is -2.17. The van der Waals surface area contributed by atoms with Gasteiger partial charge in [-0.05, 0) is 6.07 Å². The summed E-state index contributed by atoms with van der Waals surface area (Å²) in [6.45, 7) is -0.489. The van der Waals surface area contributed by atoms with E-state index in [0.717, 1.165) is 0 Å². The molecule has 17 heavy (non-hydrogen) atoms. The molecular formula is C11H13NO5. The molecule has 6 heteroatoms. The van der Waals surface area contributed by atoms with Crippen LogP contribution in [-0.4, -0.2) is 28.8 Å². The number of hydrogen-bond acceptors (Lipinski definition) is 4. The fourth-order valence-corrected chi connectivity index (χ4v) is 1.36. The second-order valence-corrected chi connectivity index (χ2v) is 3.42. The number of para-hydroxylation sites is 1. The number of rotatable bonds is 6. The van der Waals surface area contributed by atoms with Crippen LogP contribution in [0.5, 0.6) is 5.75 Å². The van der Waals surface area contributed by atoms with Crippen LogP contribution in [0.1, 0.15) is 18.0 Å². The van der Waals surface area contributed by atoms with Gasteiger partial charge < -0.3 is 20.7 Å². The highest BCUT2D eigenvalue weighted by Crippen LogP contribution is 2.25. The largest absolute Gasteiger partial charge is 0.482 e. The Hall–Kier alpha value is -2.08. The molecule has 0 aliphatic rings. The van der Waals surface area contributed by atoms with Gasteiger partial charge in [-0.15, -0.1) is 0 Å². The van der Waals surface area contributed by atoms with Gasteiger partial charge >= 0.3 is 11.9 Å². The molecular weight excluding hydrogens is 226 g/mol. The lowest BCUT2D eigenvalue weighted by Gasteiger charge is -2.14. The van der Waals surface area contributed by atoms with Crippen LogP contribution < -0.4 is 10.5 Å². The van der Waals surface area contributed by atoms with Crippen molar-refractivity contribution in [3.63, 3.8) is 0 Å². The molecule has 0 spiro atoms. The second kappa shape index (κ2) is 5.86. The summed E-state index contributed by atoms with van der Waals surface area (Å²) in [5, 5.41) is 17.1. The van der Waals surface area contributed by atoms with Gasteiger partial charge in [0.2, 0.25) is 0 Å². The Bertz CT molecular complexity index is 418. The smallest absolute Gasteiger partial charge is 0.341 e. The van der Waals surface area contributed by atoms with Crippen molar-refractivity contribution in [1.29, 1.82) is 0 Å². The van der Waals surface area contributed by atoms with Crippen molar-refractivity contribution in [2.75, 3.05) is 6.61 Å². The van der Waals surface area contributed by atoms with Crippen LogP contribution in [-0.2, 0) is 9.59 Å². The van der Waals surface area contributed by atoms with Crippen molar-refractivity contribution in [2.45, 2.75) is 12.5 Å². The minimum absolute atomic E-state index is 0.243. The number of benzene rings is 1. The van der Waals surface area contributed by atoms with Crippen molar-refractivity contribution >= 4 is 11.9 Å². The Morgan fingerprint density at radius 3 is 2.47 bits per heavy atom. The van der Waals surface area contributed by atoms with E-state index in [1.165, 1.54) is 0 Å². The number of aliphatic carboxylic acids is 2. The molecule has 0 saturated carbocycles. The third kappa shape index (κ3) is 4.12. The molecule has 1 unspecified atom stereocenters. The maximum atomic E-state index is 10.5. The average molecular weight is 239 g/mol. The summed E-state index contributed by atoms with van der Waals surface area (Å²) in [4.78, 5) is 20.9. The van der Waals surface area contributed by atoms with Crippen LogP contribution >= 0.6 is 0 Å². The normalized spacial score (nSPS) is 11.8. The van der Waals surface area contributed by atoms with Crippen molar-refractivity contribution in [1.82, 2.24) is 0 Å². The minimum atomic E-state index is -1.10. The van der Waals surface area contributed by atoms with Crippen LogP contribution in [0.15, 0.2) is 24.3 Å². The van der Waals surface area contributed by atoms with Gasteiger partial charge in [0.25, 0.3) is 0 Å². The first-order valence-corrected chi connectivity index (χ1v) is 4.91. The minimum Gasteiger partial charge on any atom is -0.482 e. The van der Waals surface area contributed by atoms with E-state index in [2.05, 4.69) is 0 Å². The Morgan fingerprint density at radius 2 is 1.88 bits per heavy atom. The van der Waals surface area contributed by atoms with E-state index in [1.807, 2.05) is 0 Å². The molecule has 0 saturated heterocycles. The zero-order chi connectivity index (χ0) is 12.8. The number of carboxylic acids is 2. The van der Waals surface area contributed by atoms with E-state index >= 15 is 0 Å². The number of carboxylic acid groups (broad SMARTS) is 2. The number of carbonyl (C=O) groups is 2. The van der Waals surface area contributed by atoms with Crippen LogP contribution in [0.2, 0.25) is 0 Å². The van der Waals surface area contributed by atoms with Gasteiger partial charge in [-0.1, -0.05) is 18.2 Å². The molecule has 0 heterocycles. The molecule has 0 bridgehead atoms. The summed E-state index contributed by atoms with van der Waals surface area (Å²) in [7, 11) is 0. The predicted octanol–water partition coefficient (Wildman–Crippen LogP) is 0.624. The van der Waals surface area contributed by atoms with E-state index in [-0.39, 0.29) is 6.42 Å². The molecule has 0 radical (unpaired) electrons. The highest BCUT2D eigenvalue weighted by Gasteiger charge is 2.15. The van der Waals surface area contributed by atoms with Crippen LogP contribution in [0.25, 0.3) is 0 Å². The molecule has 0 amide bonds. The average Bonchev–Trinajstić information content (AvgIpc) is 2.25. The third-order valence-corrected chi connectivity index (χ3v) is 2.06. The van der Waals surface area contributed by atoms with Crippen LogP contribution in [0.4, 0.5) is 0 Å². The maximum absolute atomic E-state index is 10.5. The fourth-order valence-electron chi connectivity index (χ4n) is 1.36. The van der Waals surface area contributed by atoms with Crippen LogP contribution in [0, 0.1) is 0 Å². The van der Waals surface area contributed by atoms with E-state index in [4.69, 9.17) is 20.7 Å². The SMILES string of the molecule is NC(CC(=O)O)c1ccccc1OCC(=O)O. The Balaban J connectivity index is 2.83. The summed E-state index contributed by atoms with van der Waals surface area (Å²) in [6.07, 6.45) is -0.243. The van der Waals surface area contributed by atoms with Gasteiger partial charge in [0, 0.05) is 11.6 Å². The van der Waals surface area contributed by atoms with E-state index in [9.17, 15) is 9.59 Å². The van der Waals surface area contributed by atoms with E-state index in [1.54, 1.807) is 24.3 Å². The summed E-state index contributed by atoms with van der Waals surface area (Å²) in [5.41, 5.74) is 6.18. The highest BCUT2D eigenvalue weighted by atomic mass is 16.5.